The van der Waals surface area contributed by atoms with E-state index in [-0.39, 0.29) is 18.2 Å². The van der Waals surface area contributed by atoms with Gasteiger partial charge in [-0.3, -0.25) is 14.3 Å². The molecule has 1 aromatic carbocycles. The SMILES string of the molecule is CC(=O)NC(CC(=O)Nc1ccn(C)n1)c1ccc(Cl)cc1. The Kier molecular flexibility index (Phi) is 5.16. The van der Waals surface area contributed by atoms with Gasteiger partial charge >= 0.3 is 0 Å². The smallest absolute Gasteiger partial charge is 0.227 e. The number of aryl methyl sites for hydroxylation is 1. The number of nitrogens with one attached hydrogen (secondary N) is 2. The molecule has 6 nitrogen and oxygen atoms in total. The number of hydrogen-bond donors (Lipinski definition) is 2. The minimum atomic E-state index is -0.418. The molecule has 0 spiro atoms. The van der Waals surface area contributed by atoms with Gasteiger partial charge in [-0.2, -0.15) is 5.10 Å². The Balaban J connectivity index is 2.07. The summed E-state index contributed by atoms with van der Waals surface area (Å²) in [7, 11) is 1.77. The van der Waals surface area contributed by atoms with E-state index in [1.165, 1.54) is 6.92 Å². The van der Waals surface area contributed by atoms with Crippen LogP contribution in [0.5, 0.6) is 0 Å². The zero-order chi connectivity index (χ0) is 16.1. The average molecular weight is 321 g/mol. The van der Waals surface area contributed by atoms with Crippen molar-refractivity contribution in [3.05, 3.63) is 47.1 Å². The van der Waals surface area contributed by atoms with Gasteiger partial charge in [-0.25, -0.2) is 0 Å². The number of aromatic nitrogens is 2. The minimum Gasteiger partial charge on any atom is -0.349 e. The fourth-order valence-electron chi connectivity index (χ4n) is 2.05. The highest BCUT2D eigenvalue weighted by Crippen LogP contribution is 2.20. The molecule has 0 saturated heterocycles. The molecule has 22 heavy (non-hydrogen) atoms. The van der Waals surface area contributed by atoms with Crippen molar-refractivity contribution < 1.29 is 9.59 Å². The van der Waals surface area contributed by atoms with Crippen molar-refractivity contribution in [3.63, 3.8) is 0 Å². The summed E-state index contributed by atoms with van der Waals surface area (Å²) >= 11 is 5.86. The summed E-state index contributed by atoms with van der Waals surface area (Å²) < 4.78 is 1.60. The number of nitrogens with zero attached hydrogens (tertiary/aromatic N) is 2. The van der Waals surface area contributed by atoms with Gasteiger partial charge in [-0.15, -0.1) is 0 Å². The average Bonchev–Trinajstić information content (AvgIpc) is 2.83. The molecule has 2 aromatic rings. The molecule has 7 heteroatoms. The van der Waals surface area contributed by atoms with E-state index in [4.69, 9.17) is 11.6 Å². The molecule has 1 unspecified atom stereocenters. The third-order valence-corrected chi connectivity index (χ3v) is 3.27. The Labute approximate surface area is 133 Å². The van der Waals surface area contributed by atoms with E-state index in [1.54, 1.807) is 48.3 Å². The van der Waals surface area contributed by atoms with Crippen LogP contribution in [0.25, 0.3) is 0 Å². The molecule has 2 rings (SSSR count). The Morgan fingerprint density at radius 2 is 1.95 bits per heavy atom. The van der Waals surface area contributed by atoms with Crippen LogP contribution < -0.4 is 10.6 Å². The molecule has 116 valence electrons. The minimum absolute atomic E-state index is 0.109. The largest absolute Gasteiger partial charge is 0.349 e. The second kappa shape index (κ2) is 7.09. The van der Waals surface area contributed by atoms with E-state index in [0.29, 0.717) is 10.8 Å². The predicted octanol–water partition coefficient (Wildman–Crippen LogP) is 2.28. The van der Waals surface area contributed by atoms with E-state index in [9.17, 15) is 9.59 Å². The first-order chi connectivity index (χ1) is 10.4. The second-order valence-electron chi connectivity index (χ2n) is 4.93. The summed E-state index contributed by atoms with van der Waals surface area (Å²) in [5, 5.41) is 10.2. The van der Waals surface area contributed by atoms with E-state index < -0.39 is 6.04 Å². The number of carbonyl (C=O) groups is 2. The Morgan fingerprint density at radius 3 is 2.50 bits per heavy atom. The molecule has 0 fully saturated rings. The van der Waals surface area contributed by atoms with E-state index in [1.807, 2.05) is 0 Å². The highest BCUT2D eigenvalue weighted by molar-refractivity contribution is 6.30. The maximum atomic E-state index is 12.1. The van der Waals surface area contributed by atoms with E-state index >= 15 is 0 Å². The number of amides is 2. The van der Waals surface area contributed by atoms with Gasteiger partial charge in [0.1, 0.15) is 0 Å². The van der Waals surface area contributed by atoms with Crippen molar-refractivity contribution in [3.8, 4) is 0 Å². The quantitative estimate of drug-likeness (QED) is 0.887. The van der Waals surface area contributed by atoms with Crippen LogP contribution in [0.4, 0.5) is 5.82 Å². The van der Waals surface area contributed by atoms with Crippen LogP contribution >= 0.6 is 11.6 Å². The first-order valence-corrected chi connectivity index (χ1v) is 7.14. The molecule has 0 bridgehead atoms. The number of carbonyl (C=O) groups excluding carboxylic acids is 2. The van der Waals surface area contributed by atoms with Crippen LogP contribution in [0.15, 0.2) is 36.5 Å². The Hall–Kier alpha value is -2.34. The first-order valence-electron chi connectivity index (χ1n) is 6.76. The highest BCUT2D eigenvalue weighted by Gasteiger charge is 2.17. The van der Waals surface area contributed by atoms with Crippen molar-refractivity contribution in [2.75, 3.05) is 5.32 Å². The van der Waals surface area contributed by atoms with Gasteiger partial charge < -0.3 is 10.6 Å². The lowest BCUT2D eigenvalue weighted by molar-refractivity contribution is -0.120. The third-order valence-electron chi connectivity index (χ3n) is 3.02. The summed E-state index contributed by atoms with van der Waals surface area (Å²) in [5.74, 6) is 0.0446. The van der Waals surface area contributed by atoms with Crippen molar-refractivity contribution in [2.24, 2.45) is 7.05 Å². The van der Waals surface area contributed by atoms with Gasteiger partial charge in [-0.05, 0) is 17.7 Å². The molecule has 0 aliphatic carbocycles. The molecule has 0 aliphatic rings. The normalized spacial score (nSPS) is 11.8. The molecular weight excluding hydrogens is 304 g/mol. The maximum absolute atomic E-state index is 12.1. The number of anilines is 1. The van der Waals surface area contributed by atoms with Crippen molar-refractivity contribution in [2.45, 2.75) is 19.4 Å². The Morgan fingerprint density at radius 1 is 1.27 bits per heavy atom. The summed E-state index contributed by atoms with van der Waals surface area (Å²) in [4.78, 5) is 23.5. The molecule has 0 aliphatic heterocycles. The van der Waals surface area contributed by atoms with Gasteiger partial charge in [0.25, 0.3) is 0 Å². The number of rotatable bonds is 5. The molecule has 2 N–H and O–H groups in total. The lowest BCUT2D eigenvalue weighted by Crippen LogP contribution is -2.29. The molecular formula is C15H17ClN4O2. The van der Waals surface area contributed by atoms with Gasteiger partial charge in [-0.1, -0.05) is 23.7 Å². The predicted molar refractivity (Wildman–Crippen MR) is 84.5 cm³/mol. The van der Waals surface area contributed by atoms with Crippen LogP contribution in [0, 0.1) is 0 Å². The maximum Gasteiger partial charge on any atom is 0.227 e. The monoisotopic (exact) mass is 320 g/mol. The van der Waals surface area contributed by atoms with Crippen molar-refractivity contribution in [1.82, 2.24) is 15.1 Å². The number of benzene rings is 1. The van der Waals surface area contributed by atoms with Gasteiger partial charge in [0.15, 0.2) is 5.82 Å². The van der Waals surface area contributed by atoms with Crippen molar-refractivity contribution in [1.29, 1.82) is 0 Å². The third kappa shape index (κ3) is 4.60. The molecule has 1 atom stereocenters. The number of halogens is 1. The van der Waals surface area contributed by atoms with Gasteiger partial charge in [0.2, 0.25) is 11.8 Å². The molecule has 0 radical (unpaired) electrons. The highest BCUT2D eigenvalue weighted by atomic mass is 35.5. The van der Waals surface area contributed by atoms with Crippen LogP contribution in [0.1, 0.15) is 24.9 Å². The summed E-state index contributed by atoms with van der Waals surface area (Å²) in [6.07, 6.45) is 1.85. The lowest BCUT2D eigenvalue weighted by atomic mass is 10.0. The molecule has 1 heterocycles. The summed E-state index contributed by atoms with van der Waals surface area (Å²) in [6, 6.07) is 8.31. The zero-order valence-electron chi connectivity index (χ0n) is 12.3. The molecule has 0 saturated carbocycles. The van der Waals surface area contributed by atoms with Crippen LogP contribution in [0.3, 0.4) is 0 Å². The topological polar surface area (TPSA) is 76.0 Å². The lowest BCUT2D eigenvalue weighted by Gasteiger charge is -2.17. The van der Waals surface area contributed by atoms with E-state index in [2.05, 4.69) is 15.7 Å². The van der Waals surface area contributed by atoms with Crippen LogP contribution in [-0.4, -0.2) is 21.6 Å². The van der Waals surface area contributed by atoms with Gasteiger partial charge in [0.05, 0.1) is 12.5 Å². The molecule has 1 aromatic heterocycles. The van der Waals surface area contributed by atoms with Crippen LogP contribution in [0.2, 0.25) is 5.02 Å². The fraction of sp³-hybridized carbons (Fsp3) is 0.267. The Bertz CT molecular complexity index is 666. The van der Waals surface area contributed by atoms with Gasteiger partial charge in [0, 0.05) is 31.3 Å². The summed E-state index contributed by atoms with van der Waals surface area (Å²) in [5.41, 5.74) is 0.816. The van der Waals surface area contributed by atoms with Crippen molar-refractivity contribution >= 4 is 29.2 Å². The summed E-state index contributed by atoms with van der Waals surface area (Å²) in [6.45, 7) is 1.42. The number of hydrogen-bond acceptors (Lipinski definition) is 3. The van der Waals surface area contributed by atoms with Crippen LogP contribution in [-0.2, 0) is 16.6 Å². The van der Waals surface area contributed by atoms with E-state index in [0.717, 1.165) is 5.56 Å². The first kappa shape index (κ1) is 16.0. The fourth-order valence-corrected chi connectivity index (χ4v) is 2.18. The standard InChI is InChI=1S/C15H17ClN4O2/c1-10(21)17-13(11-3-5-12(16)6-4-11)9-15(22)18-14-7-8-20(2)19-14/h3-8,13H,9H2,1-2H3,(H,17,21)(H,18,19,22). The second-order valence-corrected chi connectivity index (χ2v) is 5.37. The zero-order valence-corrected chi connectivity index (χ0v) is 13.1. The molecule has 2 amide bonds.